The van der Waals surface area contributed by atoms with Gasteiger partial charge in [0, 0.05) is 11.1 Å². The van der Waals surface area contributed by atoms with Crippen molar-refractivity contribution in [1.29, 1.82) is 0 Å². The number of pyridine rings is 1. The van der Waals surface area contributed by atoms with Crippen molar-refractivity contribution in [3.8, 4) is 0 Å². The fourth-order valence-corrected chi connectivity index (χ4v) is 2.67. The maximum Gasteiger partial charge on any atom is 0.337 e. The molecule has 0 aromatic carbocycles. The van der Waals surface area contributed by atoms with Crippen LogP contribution in [0.4, 0.5) is 5.82 Å². The summed E-state index contributed by atoms with van der Waals surface area (Å²) in [5.74, 6) is -0.300. The van der Waals surface area contributed by atoms with Crippen LogP contribution in [0.1, 0.15) is 15.2 Å². The number of halogens is 1. The van der Waals surface area contributed by atoms with Crippen LogP contribution in [0.2, 0.25) is 0 Å². The number of nitrogens with one attached hydrogen (secondary N) is 1. The molecule has 0 saturated carbocycles. The molecular formula is C11H9BrN2O2S. The summed E-state index contributed by atoms with van der Waals surface area (Å²) in [7, 11) is 0. The molecule has 0 aliphatic heterocycles. The topological polar surface area (TPSA) is 62.2 Å². The Labute approximate surface area is 110 Å². The highest BCUT2D eigenvalue weighted by atomic mass is 79.9. The maximum atomic E-state index is 10.6. The molecule has 2 rings (SSSR count). The Bertz CT molecular complexity index is 525. The molecule has 17 heavy (non-hydrogen) atoms. The van der Waals surface area contributed by atoms with E-state index in [1.54, 1.807) is 17.4 Å². The third-order valence-corrected chi connectivity index (χ3v) is 3.71. The summed E-state index contributed by atoms with van der Waals surface area (Å²) in [5.41, 5.74) is 0.189. The molecule has 6 heteroatoms. The normalized spacial score (nSPS) is 10.2. The monoisotopic (exact) mass is 312 g/mol. The fourth-order valence-electron chi connectivity index (χ4n) is 1.25. The summed E-state index contributed by atoms with van der Waals surface area (Å²) in [6.07, 6.45) is 1.34. The van der Waals surface area contributed by atoms with Crippen LogP contribution < -0.4 is 5.32 Å². The van der Waals surface area contributed by atoms with Gasteiger partial charge in [-0.3, -0.25) is 0 Å². The first-order valence-corrected chi connectivity index (χ1v) is 6.43. The highest BCUT2D eigenvalue weighted by Gasteiger charge is 2.03. The maximum absolute atomic E-state index is 10.6. The van der Waals surface area contributed by atoms with Crippen molar-refractivity contribution in [2.24, 2.45) is 0 Å². The first-order chi connectivity index (χ1) is 8.15. The molecule has 0 aliphatic carbocycles. The highest BCUT2D eigenvalue weighted by molar-refractivity contribution is 9.11. The SMILES string of the molecule is O=C(O)c1ccc(NCc2ccc(Br)s2)nc1. The fraction of sp³-hybridized carbons (Fsp3) is 0.0909. The Kier molecular flexibility index (Phi) is 3.75. The van der Waals surface area contributed by atoms with Crippen molar-refractivity contribution in [1.82, 2.24) is 4.98 Å². The number of anilines is 1. The largest absolute Gasteiger partial charge is 0.478 e. The van der Waals surface area contributed by atoms with Gasteiger partial charge in [-0.2, -0.15) is 0 Å². The Morgan fingerprint density at radius 3 is 2.76 bits per heavy atom. The van der Waals surface area contributed by atoms with Gasteiger partial charge in [0.2, 0.25) is 0 Å². The van der Waals surface area contributed by atoms with Gasteiger partial charge in [-0.1, -0.05) is 0 Å². The zero-order chi connectivity index (χ0) is 12.3. The van der Waals surface area contributed by atoms with Crippen LogP contribution in [-0.2, 0) is 6.54 Å². The van der Waals surface area contributed by atoms with E-state index < -0.39 is 5.97 Å². The van der Waals surface area contributed by atoms with Crippen LogP contribution in [0.5, 0.6) is 0 Å². The molecular weight excluding hydrogens is 304 g/mol. The molecule has 0 aliphatic rings. The van der Waals surface area contributed by atoms with Gasteiger partial charge in [-0.05, 0) is 40.2 Å². The van der Waals surface area contributed by atoms with Gasteiger partial charge in [0.15, 0.2) is 0 Å². The molecule has 4 nitrogen and oxygen atoms in total. The highest BCUT2D eigenvalue weighted by Crippen LogP contribution is 2.22. The first-order valence-electron chi connectivity index (χ1n) is 4.82. The Morgan fingerprint density at radius 1 is 1.41 bits per heavy atom. The summed E-state index contributed by atoms with van der Waals surface area (Å²) in [6, 6.07) is 7.20. The summed E-state index contributed by atoms with van der Waals surface area (Å²) >= 11 is 5.04. The molecule has 0 amide bonds. The van der Waals surface area contributed by atoms with Gasteiger partial charge in [-0.15, -0.1) is 11.3 Å². The number of rotatable bonds is 4. The van der Waals surface area contributed by atoms with Crippen LogP contribution in [0.25, 0.3) is 0 Å². The number of aromatic nitrogens is 1. The third-order valence-electron chi connectivity index (χ3n) is 2.08. The molecule has 0 spiro atoms. The van der Waals surface area contributed by atoms with Gasteiger partial charge >= 0.3 is 5.97 Å². The predicted octanol–water partition coefficient (Wildman–Crippen LogP) is 3.22. The molecule has 0 unspecified atom stereocenters. The summed E-state index contributed by atoms with van der Waals surface area (Å²) < 4.78 is 1.09. The van der Waals surface area contributed by atoms with Crippen molar-refractivity contribution in [2.45, 2.75) is 6.54 Å². The Balaban J connectivity index is 1.97. The van der Waals surface area contributed by atoms with E-state index in [1.165, 1.54) is 17.1 Å². The summed E-state index contributed by atoms with van der Waals surface area (Å²) in [4.78, 5) is 15.8. The standard InChI is InChI=1S/C11H9BrN2O2S/c12-9-3-2-8(17-9)6-14-10-4-1-7(5-13-10)11(15)16/h1-5H,6H2,(H,13,14)(H,15,16). The smallest absolute Gasteiger partial charge is 0.337 e. The van der Waals surface area contributed by atoms with E-state index in [9.17, 15) is 4.79 Å². The van der Waals surface area contributed by atoms with Gasteiger partial charge in [0.1, 0.15) is 5.82 Å². The third kappa shape index (κ3) is 3.28. The van der Waals surface area contributed by atoms with Crippen LogP contribution in [0.15, 0.2) is 34.2 Å². The Hall–Kier alpha value is -1.40. The van der Waals surface area contributed by atoms with Crippen molar-refractivity contribution >= 4 is 39.1 Å². The lowest BCUT2D eigenvalue weighted by atomic mass is 10.3. The van der Waals surface area contributed by atoms with Gasteiger partial charge < -0.3 is 10.4 Å². The summed E-state index contributed by atoms with van der Waals surface area (Å²) in [6.45, 7) is 0.676. The minimum Gasteiger partial charge on any atom is -0.478 e. The van der Waals surface area contributed by atoms with Gasteiger partial charge in [0.05, 0.1) is 15.9 Å². The minimum absolute atomic E-state index is 0.189. The lowest BCUT2D eigenvalue weighted by Crippen LogP contribution is -2.02. The zero-order valence-electron chi connectivity index (χ0n) is 8.68. The molecule has 0 fully saturated rings. The Morgan fingerprint density at radius 2 is 2.24 bits per heavy atom. The number of carboxylic acids is 1. The number of thiophene rings is 1. The molecule has 0 atom stereocenters. The first kappa shape index (κ1) is 12.1. The minimum atomic E-state index is -0.966. The average Bonchev–Trinajstić information content (AvgIpc) is 2.73. The van der Waals surface area contributed by atoms with Gasteiger partial charge in [-0.25, -0.2) is 9.78 Å². The second kappa shape index (κ2) is 5.29. The average molecular weight is 313 g/mol. The van der Waals surface area contributed by atoms with E-state index in [0.29, 0.717) is 12.4 Å². The number of nitrogens with zero attached hydrogens (tertiary/aromatic N) is 1. The van der Waals surface area contributed by atoms with Crippen molar-refractivity contribution in [3.05, 3.63) is 44.7 Å². The zero-order valence-corrected chi connectivity index (χ0v) is 11.1. The lowest BCUT2D eigenvalue weighted by molar-refractivity contribution is 0.0696. The van der Waals surface area contributed by atoms with Crippen molar-refractivity contribution < 1.29 is 9.90 Å². The van der Waals surface area contributed by atoms with Crippen LogP contribution >= 0.6 is 27.3 Å². The van der Waals surface area contributed by atoms with Crippen molar-refractivity contribution in [2.75, 3.05) is 5.32 Å². The van der Waals surface area contributed by atoms with E-state index in [4.69, 9.17) is 5.11 Å². The number of carbonyl (C=O) groups is 1. The van der Waals surface area contributed by atoms with Gasteiger partial charge in [0.25, 0.3) is 0 Å². The van der Waals surface area contributed by atoms with Crippen LogP contribution in [0.3, 0.4) is 0 Å². The lowest BCUT2D eigenvalue weighted by Gasteiger charge is -2.03. The van der Waals surface area contributed by atoms with Crippen LogP contribution in [-0.4, -0.2) is 16.1 Å². The van der Waals surface area contributed by atoms with E-state index in [0.717, 1.165) is 3.79 Å². The number of hydrogen-bond acceptors (Lipinski definition) is 4. The number of hydrogen-bond donors (Lipinski definition) is 2. The van der Waals surface area contributed by atoms with E-state index in [2.05, 4.69) is 26.2 Å². The number of carboxylic acid groups (broad SMARTS) is 1. The predicted molar refractivity (Wildman–Crippen MR) is 70.5 cm³/mol. The molecule has 2 N–H and O–H groups in total. The quantitative estimate of drug-likeness (QED) is 0.910. The number of aromatic carboxylic acids is 1. The summed E-state index contributed by atoms with van der Waals surface area (Å²) in [5, 5.41) is 11.8. The van der Waals surface area contributed by atoms with E-state index >= 15 is 0 Å². The molecule has 0 saturated heterocycles. The van der Waals surface area contributed by atoms with E-state index in [1.807, 2.05) is 12.1 Å². The molecule has 0 radical (unpaired) electrons. The van der Waals surface area contributed by atoms with Crippen molar-refractivity contribution in [3.63, 3.8) is 0 Å². The van der Waals surface area contributed by atoms with E-state index in [-0.39, 0.29) is 5.56 Å². The molecule has 2 aromatic heterocycles. The van der Waals surface area contributed by atoms with Crippen LogP contribution in [0, 0.1) is 0 Å². The molecule has 2 aromatic rings. The second-order valence-corrected chi connectivity index (χ2v) is 5.84. The molecule has 88 valence electrons. The second-order valence-electron chi connectivity index (χ2n) is 3.30. The molecule has 2 heterocycles. The molecule has 0 bridgehead atoms.